The number of rotatable bonds is 7. The first-order chi connectivity index (χ1) is 8.84. The molecule has 0 saturated heterocycles. The number of hydrogen-bond donors (Lipinski definition) is 3. The summed E-state index contributed by atoms with van der Waals surface area (Å²) >= 11 is 0. The number of hydrogen-bond acceptors (Lipinski definition) is 10. The summed E-state index contributed by atoms with van der Waals surface area (Å²) < 4.78 is 28.8. The Labute approximate surface area is 130 Å². The second-order valence-corrected chi connectivity index (χ2v) is 5.01. The van der Waals surface area contributed by atoms with E-state index < -0.39 is 52.2 Å². The quantitative estimate of drug-likeness (QED) is 0.283. The van der Waals surface area contributed by atoms with Crippen molar-refractivity contribution < 1.29 is 64.8 Å². The van der Waals surface area contributed by atoms with Crippen LogP contribution in [0.2, 0.25) is 0 Å². The van der Waals surface area contributed by atoms with Gasteiger partial charge in [0.2, 0.25) is 0 Å². The van der Waals surface area contributed by atoms with Crippen molar-refractivity contribution in [3.8, 4) is 0 Å². The summed E-state index contributed by atoms with van der Waals surface area (Å²) in [4.78, 5) is 30.2. The van der Waals surface area contributed by atoms with Crippen molar-refractivity contribution in [1.29, 1.82) is 0 Å². The van der Waals surface area contributed by atoms with Crippen LogP contribution in [0.4, 0.5) is 0 Å². The Morgan fingerprint density at radius 1 is 1.10 bits per heavy atom. The molecule has 0 aliphatic heterocycles. The van der Waals surface area contributed by atoms with Crippen LogP contribution in [0.15, 0.2) is 0 Å². The summed E-state index contributed by atoms with van der Waals surface area (Å²) in [7, 11) is -4.05. The number of carbonyl (C=O) groups excluding carboxylic acids is 2. The zero-order chi connectivity index (χ0) is 16.6. The molecule has 0 atom stereocenters. The molecular formula is C8H12FeNO10S. The van der Waals surface area contributed by atoms with Crippen LogP contribution in [-0.2, 0) is 41.6 Å². The minimum atomic E-state index is -4.05. The number of carboxylic acids is 3. The smallest absolute Gasteiger partial charge is 0.748 e. The molecule has 0 fully saturated rings. The first kappa shape index (κ1) is 24.8. The number of carboxylic acid groups (broad SMARTS) is 3. The molecule has 0 spiro atoms. The Hall–Kier alpha value is -1.24. The topological polar surface area (TPSA) is 221 Å². The summed E-state index contributed by atoms with van der Waals surface area (Å²) in [5.74, 6) is -6.12. The van der Waals surface area contributed by atoms with Gasteiger partial charge in [-0.05, 0) is 0 Å². The summed E-state index contributed by atoms with van der Waals surface area (Å²) in [5.41, 5.74) is 1.87. The molecule has 0 saturated carbocycles. The van der Waals surface area contributed by atoms with E-state index in [4.69, 9.17) is 15.9 Å². The Morgan fingerprint density at radius 2 is 1.43 bits per heavy atom. The fraction of sp³-hybridized carbons (Fsp3) is 0.625. The van der Waals surface area contributed by atoms with Gasteiger partial charge in [0.05, 0.1) is 15.9 Å². The molecule has 11 nitrogen and oxygen atoms in total. The summed E-state index contributed by atoms with van der Waals surface area (Å²) in [6, 6.07) is 0. The number of aliphatic carboxylic acids is 3. The van der Waals surface area contributed by atoms with Crippen LogP contribution in [0.1, 0.15) is 12.8 Å². The molecule has 0 heterocycles. The Balaban J connectivity index is -0.000000347. The second kappa shape index (κ2) is 10.5. The van der Waals surface area contributed by atoms with Crippen LogP contribution in [-0.4, -0.2) is 59.0 Å². The van der Waals surface area contributed by atoms with Crippen molar-refractivity contribution in [2.24, 2.45) is 5.73 Å². The predicted molar refractivity (Wildman–Crippen MR) is 55.5 cm³/mol. The van der Waals surface area contributed by atoms with Gasteiger partial charge >= 0.3 is 23.0 Å². The van der Waals surface area contributed by atoms with Crippen LogP contribution in [0.5, 0.6) is 0 Å². The van der Waals surface area contributed by atoms with E-state index in [1.807, 2.05) is 0 Å². The van der Waals surface area contributed by atoms with Crippen LogP contribution in [0, 0.1) is 0 Å². The maximum atomic E-state index is 10.3. The van der Waals surface area contributed by atoms with Gasteiger partial charge in [-0.15, -0.1) is 0 Å². The molecular weight excluding hydrogens is 358 g/mol. The SMILES string of the molecule is NCCS(=O)(=O)[O-].O=C([O-])CC(O)(CC(=O)[O-])C(=O)O.[Fe+3]. The third-order valence-electron chi connectivity index (χ3n) is 1.64. The third kappa shape index (κ3) is 15.0. The summed E-state index contributed by atoms with van der Waals surface area (Å²) in [6.45, 7) is -0.0914. The van der Waals surface area contributed by atoms with Crippen LogP contribution in [0.3, 0.4) is 0 Å². The third-order valence-corrected chi connectivity index (χ3v) is 2.38. The average molecular weight is 370 g/mol. The van der Waals surface area contributed by atoms with Crippen molar-refractivity contribution in [2.75, 3.05) is 12.3 Å². The van der Waals surface area contributed by atoms with Crippen molar-refractivity contribution in [2.45, 2.75) is 18.4 Å². The Kier molecular flexibility index (Phi) is 12.4. The molecule has 21 heavy (non-hydrogen) atoms. The molecule has 0 aromatic heterocycles. The normalized spacial score (nSPS) is 10.6. The molecule has 4 N–H and O–H groups in total. The minimum Gasteiger partial charge on any atom is -0.748 e. The molecule has 0 aromatic rings. The van der Waals surface area contributed by atoms with Crippen LogP contribution < -0.4 is 15.9 Å². The van der Waals surface area contributed by atoms with Gasteiger partial charge in [-0.25, -0.2) is 13.2 Å². The van der Waals surface area contributed by atoms with E-state index in [2.05, 4.69) is 0 Å². The van der Waals surface area contributed by atoms with Crippen LogP contribution in [0.25, 0.3) is 0 Å². The fourth-order valence-corrected chi connectivity index (χ4v) is 1.12. The van der Waals surface area contributed by atoms with Crippen molar-refractivity contribution in [1.82, 2.24) is 0 Å². The van der Waals surface area contributed by atoms with Crippen molar-refractivity contribution >= 4 is 28.0 Å². The van der Waals surface area contributed by atoms with Crippen molar-refractivity contribution in [3.05, 3.63) is 0 Å². The number of aliphatic hydroxyl groups is 1. The van der Waals surface area contributed by atoms with E-state index in [9.17, 15) is 37.6 Å². The van der Waals surface area contributed by atoms with E-state index in [-0.39, 0.29) is 23.6 Å². The van der Waals surface area contributed by atoms with Gasteiger partial charge in [0, 0.05) is 31.3 Å². The molecule has 123 valence electrons. The van der Waals surface area contributed by atoms with Gasteiger partial charge in [0.15, 0.2) is 5.60 Å². The van der Waals surface area contributed by atoms with Crippen molar-refractivity contribution in [3.63, 3.8) is 0 Å². The van der Waals surface area contributed by atoms with E-state index in [0.717, 1.165) is 0 Å². The number of nitrogens with two attached hydrogens (primary N) is 1. The second-order valence-electron chi connectivity index (χ2n) is 3.48. The van der Waals surface area contributed by atoms with Gasteiger partial charge in [-0.3, -0.25) is 0 Å². The summed E-state index contributed by atoms with van der Waals surface area (Å²) in [6.07, 6.45) is -2.59. The van der Waals surface area contributed by atoms with E-state index in [1.54, 1.807) is 0 Å². The molecule has 1 radical (unpaired) electrons. The Bertz CT molecular complexity index is 446. The monoisotopic (exact) mass is 370 g/mol. The maximum Gasteiger partial charge on any atom is 3.00 e. The molecule has 0 unspecified atom stereocenters. The first-order valence-corrected chi connectivity index (χ1v) is 6.41. The molecule has 0 aliphatic carbocycles. The standard InChI is InChI=1S/C6H8O7.C2H7NO3S.Fe/c7-3(8)1-6(13,5(11)12)2-4(9)10;3-1-2-7(4,5)6;/h13H,1-2H2,(H,7,8)(H,9,10)(H,11,12);1-3H2,(H,4,5,6);/q;;+3/p-3. The zero-order valence-electron chi connectivity index (χ0n) is 10.3. The van der Waals surface area contributed by atoms with Gasteiger partial charge in [0.25, 0.3) is 0 Å². The van der Waals surface area contributed by atoms with Crippen LogP contribution >= 0.6 is 0 Å². The van der Waals surface area contributed by atoms with E-state index in [0.29, 0.717) is 0 Å². The molecule has 0 aliphatic rings. The maximum absolute atomic E-state index is 10.3. The molecule has 0 amide bonds. The zero-order valence-corrected chi connectivity index (χ0v) is 12.2. The molecule has 13 heteroatoms. The van der Waals surface area contributed by atoms with Gasteiger partial charge in [-0.1, -0.05) is 0 Å². The Morgan fingerprint density at radius 3 is 1.52 bits per heavy atom. The van der Waals surface area contributed by atoms with Gasteiger partial charge in [0.1, 0.15) is 0 Å². The van der Waals surface area contributed by atoms with Gasteiger partial charge in [-0.2, -0.15) is 0 Å². The predicted octanol–water partition coefficient (Wildman–Crippen LogP) is -5.43. The fourth-order valence-electron chi connectivity index (χ4n) is 0.836. The molecule has 0 rings (SSSR count). The number of carbonyl (C=O) groups is 3. The largest absolute Gasteiger partial charge is 3.00 e. The molecule has 0 bridgehead atoms. The minimum absolute atomic E-state index is 0. The van der Waals surface area contributed by atoms with E-state index in [1.165, 1.54) is 0 Å². The first-order valence-electron chi connectivity index (χ1n) is 4.83. The molecule has 0 aromatic carbocycles. The average Bonchev–Trinajstić information content (AvgIpc) is 2.12. The summed E-state index contributed by atoms with van der Waals surface area (Å²) in [5, 5.41) is 37.2. The van der Waals surface area contributed by atoms with E-state index >= 15 is 0 Å². The van der Waals surface area contributed by atoms with Gasteiger partial charge < -0.3 is 40.3 Å².